The summed E-state index contributed by atoms with van der Waals surface area (Å²) in [5, 5.41) is 59.3. The van der Waals surface area contributed by atoms with Crippen molar-refractivity contribution in [3.05, 3.63) is 82.5 Å². The van der Waals surface area contributed by atoms with Gasteiger partial charge in [0.2, 0.25) is 6.29 Å². The van der Waals surface area contributed by atoms with E-state index in [1.807, 2.05) is 0 Å². The van der Waals surface area contributed by atoms with Crippen LogP contribution in [-0.4, -0.2) is 74.6 Å². The van der Waals surface area contributed by atoms with Crippen LogP contribution in [0.15, 0.2) is 75.9 Å². The third-order valence-corrected chi connectivity index (χ3v) is 6.62. The van der Waals surface area contributed by atoms with E-state index in [0.717, 1.165) is 5.56 Å². The van der Waals surface area contributed by atoms with Crippen molar-refractivity contribution in [2.45, 2.75) is 37.1 Å². The number of ether oxygens (including phenoxy) is 3. The van der Waals surface area contributed by atoms with Crippen molar-refractivity contribution in [1.29, 1.82) is 0 Å². The lowest BCUT2D eigenvalue weighted by atomic mass is 9.99. The van der Waals surface area contributed by atoms with Gasteiger partial charge in [-0.2, -0.15) is 0 Å². The molecule has 40 heavy (non-hydrogen) atoms. The largest absolute Gasteiger partial charge is 0.508 e. The first-order valence-electron chi connectivity index (χ1n) is 12.5. The van der Waals surface area contributed by atoms with Crippen LogP contribution in [0.25, 0.3) is 22.3 Å². The van der Waals surface area contributed by atoms with E-state index < -0.39 is 42.7 Å². The van der Waals surface area contributed by atoms with Gasteiger partial charge in [-0.15, -0.1) is 0 Å². The van der Waals surface area contributed by atoms with Gasteiger partial charge in [-0.3, -0.25) is 4.79 Å². The summed E-state index contributed by atoms with van der Waals surface area (Å²) < 4.78 is 22.6. The summed E-state index contributed by atoms with van der Waals surface area (Å²) in [4.78, 5) is 12.8. The molecule has 210 valence electrons. The smallest absolute Gasteiger partial charge is 0.229 e. The Labute approximate surface area is 227 Å². The van der Waals surface area contributed by atoms with Crippen LogP contribution < -0.4 is 14.9 Å². The zero-order chi connectivity index (χ0) is 28.4. The number of aliphatic hydroxyl groups excluding tert-OH is 4. The summed E-state index contributed by atoms with van der Waals surface area (Å²) in [6.45, 7) is -0.291. The van der Waals surface area contributed by atoms with Gasteiger partial charge in [0.05, 0.1) is 13.2 Å². The molecule has 3 aromatic carbocycles. The Kier molecular flexibility index (Phi) is 7.92. The van der Waals surface area contributed by atoms with Crippen molar-refractivity contribution in [2.75, 3.05) is 13.2 Å². The van der Waals surface area contributed by atoms with Crippen LogP contribution in [0.4, 0.5) is 0 Å². The molecule has 1 fully saturated rings. The van der Waals surface area contributed by atoms with E-state index in [0.29, 0.717) is 17.7 Å². The van der Waals surface area contributed by atoms with Gasteiger partial charge in [0.15, 0.2) is 5.43 Å². The Morgan fingerprint density at radius 2 is 1.55 bits per heavy atom. The molecule has 5 rings (SSSR count). The quantitative estimate of drug-likeness (QED) is 0.187. The second-order valence-electron chi connectivity index (χ2n) is 9.39. The average Bonchev–Trinajstić information content (AvgIpc) is 2.94. The molecule has 1 saturated heterocycles. The normalized spacial score (nSPS) is 22.8. The van der Waals surface area contributed by atoms with E-state index >= 15 is 0 Å². The van der Waals surface area contributed by atoms with Crippen molar-refractivity contribution >= 4 is 11.0 Å². The number of benzene rings is 3. The van der Waals surface area contributed by atoms with Crippen molar-refractivity contribution in [1.82, 2.24) is 0 Å². The lowest BCUT2D eigenvalue weighted by molar-refractivity contribution is -0.277. The van der Waals surface area contributed by atoms with E-state index in [-0.39, 0.29) is 40.6 Å². The summed E-state index contributed by atoms with van der Waals surface area (Å²) in [5.74, 6) is 0.676. The molecular formula is C29H28O11. The van der Waals surface area contributed by atoms with Crippen LogP contribution in [0.1, 0.15) is 5.56 Å². The molecule has 0 unspecified atom stereocenters. The van der Waals surface area contributed by atoms with Crippen LogP contribution in [0.2, 0.25) is 0 Å². The summed E-state index contributed by atoms with van der Waals surface area (Å²) >= 11 is 0. The molecule has 1 aliphatic rings. The Morgan fingerprint density at radius 3 is 2.25 bits per heavy atom. The Bertz CT molecular complexity index is 1510. The molecule has 6 N–H and O–H groups in total. The molecule has 11 heteroatoms. The van der Waals surface area contributed by atoms with Gasteiger partial charge in [-0.25, -0.2) is 0 Å². The Balaban J connectivity index is 1.32. The number of phenolic OH excluding ortho intramolecular Hbond substituents is 2. The zero-order valence-corrected chi connectivity index (χ0v) is 21.1. The maximum absolute atomic E-state index is 12.8. The van der Waals surface area contributed by atoms with Gasteiger partial charge < -0.3 is 49.3 Å². The highest BCUT2D eigenvalue weighted by atomic mass is 16.7. The van der Waals surface area contributed by atoms with E-state index in [2.05, 4.69) is 0 Å². The number of fused-ring (bicyclic) bond motifs is 1. The average molecular weight is 553 g/mol. The third kappa shape index (κ3) is 5.74. The predicted molar refractivity (Wildman–Crippen MR) is 141 cm³/mol. The molecule has 0 bridgehead atoms. The van der Waals surface area contributed by atoms with Gasteiger partial charge in [-0.1, -0.05) is 12.1 Å². The van der Waals surface area contributed by atoms with Gasteiger partial charge in [0.25, 0.3) is 0 Å². The molecule has 1 aliphatic heterocycles. The van der Waals surface area contributed by atoms with Crippen LogP contribution in [0.3, 0.4) is 0 Å². The topological polar surface area (TPSA) is 179 Å². The monoisotopic (exact) mass is 552 g/mol. The first-order chi connectivity index (χ1) is 19.2. The number of hydrogen-bond acceptors (Lipinski definition) is 11. The minimum atomic E-state index is -1.57. The number of rotatable bonds is 8. The first-order valence-corrected chi connectivity index (χ1v) is 12.5. The SMILES string of the molecule is O=c1cc(-c2ccc(O[C@H]3O[C@H](CO)[C@@H](O)[C@H](O)[C@H]3O)cc2)oc2cc(OCCc3ccc(O)cc3)cc(O)c12. The molecule has 4 aromatic rings. The van der Waals surface area contributed by atoms with E-state index in [1.54, 1.807) is 36.4 Å². The maximum Gasteiger partial charge on any atom is 0.229 e. The lowest BCUT2D eigenvalue weighted by Crippen LogP contribution is -2.60. The number of aromatic hydroxyl groups is 2. The Hall–Kier alpha value is -4.13. The second kappa shape index (κ2) is 11.5. The fourth-order valence-corrected chi connectivity index (χ4v) is 4.42. The fourth-order valence-electron chi connectivity index (χ4n) is 4.42. The van der Waals surface area contributed by atoms with Crippen molar-refractivity contribution < 1.29 is 49.3 Å². The standard InChI is InChI=1S/C29H28O11/c30-14-24-26(34)27(35)28(36)29(40-24)38-18-7-3-16(4-8-18)22-13-21(33)25-20(32)11-19(12-23(25)39-22)37-10-9-15-1-5-17(31)6-2-15/h1-8,11-13,24,26-32,34-36H,9-10,14H2/t24-,26-,27+,28-,29+/m1/s1. The van der Waals surface area contributed by atoms with Crippen LogP contribution in [-0.2, 0) is 11.2 Å². The minimum absolute atomic E-state index is 0.0113. The zero-order valence-electron chi connectivity index (χ0n) is 21.1. The molecule has 0 aliphatic carbocycles. The molecule has 0 amide bonds. The van der Waals surface area contributed by atoms with Crippen LogP contribution in [0.5, 0.6) is 23.0 Å². The second-order valence-corrected chi connectivity index (χ2v) is 9.39. The number of hydrogen-bond donors (Lipinski definition) is 6. The highest BCUT2D eigenvalue weighted by Crippen LogP contribution is 2.32. The predicted octanol–water partition coefficient (Wildman–Crippen LogP) is 1.67. The minimum Gasteiger partial charge on any atom is -0.508 e. The molecule has 5 atom stereocenters. The molecule has 1 aromatic heterocycles. The fraction of sp³-hybridized carbons (Fsp3) is 0.276. The molecule has 0 radical (unpaired) electrons. The van der Waals surface area contributed by atoms with Gasteiger partial charge in [0, 0.05) is 30.2 Å². The third-order valence-electron chi connectivity index (χ3n) is 6.62. The van der Waals surface area contributed by atoms with Crippen molar-refractivity contribution in [3.8, 4) is 34.3 Å². The first kappa shape index (κ1) is 27.4. The van der Waals surface area contributed by atoms with Gasteiger partial charge >= 0.3 is 0 Å². The summed E-state index contributed by atoms with van der Waals surface area (Å²) in [5.41, 5.74) is 1.14. The summed E-state index contributed by atoms with van der Waals surface area (Å²) in [7, 11) is 0. The number of aliphatic hydroxyl groups is 4. The van der Waals surface area contributed by atoms with Crippen molar-refractivity contribution in [2.24, 2.45) is 0 Å². The van der Waals surface area contributed by atoms with Crippen LogP contribution in [0, 0.1) is 0 Å². The number of phenols is 2. The Morgan fingerprint density at radius 1 is 0.825 bits per heavy atom. The molecule has 11 nitrogen and oxygen atoms in total. The maximum atomic E-state index is 12.8. The highest BCUT2D eigenvalue weighted by Gasteiger charge is 2.44. The highest BCUT2D eigenvalue weighted by molar-refractivity contribution is 5.86. The lowest BCUT2D eigenvalue weighted by Gasteiger charge is -2.39. The van der Waals surface area contributed by atoms with E-state index in [1.165, 1.54) is 30.3 Å². The van der Waals surface area contributed by atoms with Gasteiger partial charge in [-0.05, 0) is 42.0 Å². The van der Waals surface area contributed by atoms with E-state index in [9.17, 15) is 35.4 Å². The summed E-state index contributed by atoms with van der Waals surface area (Å²) in [6, 6.07) is 17.1. The van der Waals surface area contributed by atoms with Crippen LogP contribution >= 0.6 is 0 Å². The molecule has 0 spiro atoms. The molecule has 2 heterocycles. The van der Waals surface area contributed by atoms with E-state index in [4.69, 9.17) is 18.6 Å². The summed E-state index contributed by atoms with van der Waals surface area (Å²) in [6.07, 6.45) is -6.51. The molecular weight excluding hydrogens is 524 g/mol. The molecule has 0 saturated carbocycles. The van der Waals surface area contributed by atoms with Gasteiger partial charge in [0.1, 0.15) is 64.1 Å². The van der Waals surface area contributed by atoms with Crippen molar-refractivity contribution in [3.63, 3.8) is 0 Å².